The van der Waals surface area contributed by atoms with Crippen LogP contribution in [0.25, 0.3) is 0 Å². The quantitative estimate of drug-likeness (QED) is 0.353. The number of cyclic esters (lactones) is 1. The first-order valence-electron chi connectivity index (χ1n) is 10.2. The lowest BCUT2D eigenvalue weighted by Gasteiger charge is -2.32. The topological polar surface area (TPSA) is 72.9 Å². The first kappa shape index (κ1) is 28.0. The van der Waals surface area contributed by atoms with E-state index in [1.165, 1.54) is 20.8 Å². The number of halogens is 6. The molecule has 0 aromatic rings. The van der Waals surface area contributed by atoms with E-state index in [1.54, 1.807) is 13.8 Å². The maximum absolute atomic E-state index is 13.2. The summed E-state index contributed by atoms with van der Waals surface area (Å²) in [7, 11) is 0. The number of hydrogen-bond donors (Lipinski definition) is 0. The Morgan fingerprint density at radius 2 is 1.47 bits per heavy atom. The molecule has 1 heterocycles. The van der Waals surface area contributed by atoms with Crippen molar-refractivity contribution >= 4 is 18.0 Å². The van der Waals surface area contributed by atoms with Crippen molar-refractivity contribution in [3.63, 3.8) is 0 Å². The van der Waals surface area contributed by atoms with Gasteiger partial charge in [-0.2, -0.15) is 26.3 Å². The van der Waals surface area contributed by atoms with Gasteiger partial charge in [0.1, 0.15) is 12.2 Å². The standard InChI is InChI=1S/C20H29F6NO5/c1-11(2)14-10-31-17(30)27(14)15(28)12(6-8-19(21,22)23)13(7-9-20(24,25)26)16(29)32-18(3,4)5/h11-14H,6-10H2,1-5H3/t12-,13+,14-/m1/s1. The Kier molecular flexibility index (Phi) is 9.01. The van der Waals surface area contributed by atoms with E-state index >= 15 is 0 Å². The predicted octanol–water partition coefficient (Wildman–Crippen LogP) is 5.25. The summed E-state index contributed by atoms with van der Waals surface area (Å²) >= 11 is 0. The Hall–Kier alpha value is -2.01. The van der Waals surface area contributed by atoms with Gasteiger partial charge < -0.3 is 9.47 Å². The second kappa shape index (κ2) is 10.3. The molecule has 0 N–H and O–H groups in total. The molecule has 0 bridgehead atoms. The molecule has 2 amide bonds. The molecule has 0 aliphatic carbocycles. The number of carbonyl (C=O) groups excluding carboxylic acids is 3. The third kappa shape index (κ3) is 8.85. The van der Waals surface area contributed by atoms with Crippen LogP contribution in [0.3, 0.4) is 0 Å². The van der Waals surface area contributed by atoms with E-state index in [4.69, 9.17) is 9.47 Å². The van der Waals surface area contributed by atoms with Crippen molar-refractivity contribution in [2.75, 3.05) is 6.61 Å². The van der Waals surface area contributed by atoms with Crippen LogP contribution in [0.5, 0.6) is 0 Å². The average molecular weight is 477 g/mol. The summed E-state index contributed by atoms with van der Waals surface area (Å²) < 4.78 is 87.4. The fourth-order valence-corrected chi connectivity index (χ4v) is 3.35. The lowest BCUT2D eigenvalue weighted by atomic mass is 9.83. The summed E-state index contributed by atoms with van der Waals surface area (Å²) in [5, 5.41) is 0. The molecule has 3 atom stereocenters. The number of alkyl halides is 6. The van der Waals surface area contributed by atoms with Gasteiger partial charge >= 0.3 is 24.4 Å². The summed E-state index contributed by atoms with van der Waals surface area (Å²) in [5.41, 5.74) is -1.15. The minimum Gasteiger partial charge on any atom is -0.460 e. The predicted molar refractivity (Wildman–Crippen MR) is 100 cm³/mol. The molecule has 0 aromatic carbocycles. The highest BCUT2D eigenvalue weighted by Crippen LogP contribution is 2.36. The highest BCUT2D eigenvalue weighted by atomic mass is 19.4. The number of hydrogen-bond acceptors (Lipinski definition) is 5. The van der Waals surface area contributed by atoms with Crippen LogP contribution in [-0.2, 0) is 19.1 Å². The summed E-state index contributed by atoms with van der Waals surface area (Å²) in [6.45, 7) is 7.40. The van der Waals surface area contributed by atoms with Gasteiger partial charge in [-0.3, -0.25) is 9.59 Å². The van der Waals surface area contributed by atoms with Gasteiger partial charge in [0.05, 0.1) is 17.9 Å². The normalized spacial score (nSPS) is 19.7. The fraction of sp³-hybridized carbons (Fsp3) is 0.850. The number of carbonyl (C=O) groups is 3. The van der Waals surface area contributed by atoms with Gasteiger partial charge in [-0.15, -0.1) is 0 Å². The van der Waals surface area contributed by atoms with E-state index < -0.39 is 79.5 Å². The zero-order valence-electron chi connectivity index (χ0n) is 18.6. The van der Waals surface area contributed by atoms with Gasteiger partial charge in [-0.1, -0.05) is 13.8 Å². The zero-order valence-corrected chi connectivity index (χ0v) is 18.6. The second-order valence-corrected chi connectivity index (χ2v) is 9.15. The monoisotopic (exact) mass is 477 g/mol. The molecule has 1 aliphatic heterocycles. The third-order valence-corrected chi connectivity index (χ3v) is 4.90. The van der Waals surface area contributed by atoms with Gasteiger partial charge in [-0.25, -0.2) is 9.69 Å². The van der Waals surface area contributed by atoms with Gasteiger partial charge in [0, 0.05) is 12.8 Å². The van der Waals surface area contributed by atoms with Crippen LogP contribution in [0, 0.1) is 17.8 Å². The van der Waals surface area contributed by atoms with Crippen molar-refractivity contribution in [1.29, 1.82) is 0 Å². The summed E-state index contributed by atoms with van der Waals surface area (Å²) in [6.07, 6.45) is -15.5. The fourth-order valence-electron chi connectivity index (χ4n) is 3.35. The molecule has 1 rings (SSSR count). The van der Waals surface area contributed by atoms with Crippen molar-refractivity contribution < 1.29 is 50.2 Å². The van der Waals surface area contributed by atoms with Gasteiger partial charge in [0.25, 0.3) is 0 Å². The van der Waals surface area contributed by atoms with Crippen LogP contribution in [0.4, 0.5) is 31.1 Å². The molecule has 12 heteroatoms. The molecule has 1 fully saturated rings. The summed E-state index contributed by atoms with van der Waals surface area (Å²) in [5.74, 6) is -6.40. The highest BCUT2D eigenvalue weighted by molar-refractivity contribution is 5.96. The molecule has 6 nitrogen and oxygen atoms in total. The molecule has 0 saturated carbocycles. The van der Waals surface area contributed by atoms with Crippen molar-refractivity contribution in [3.05, 3.63) is 0 Å². The number of rotatable bonds is 8. The van der Waals surface area contributed by atoms with Gasteiger partial charge in [0.2, 0.25) is 5.91 Å². The molecule has 1 aliphatic rings. The number of imide groups is 1. The van der Waals surface area contributed by atoms with E-state index in [-0.39, 0.29) is 12.5 Å². The highest BCUT2D eigenvalue weighted by Gasteiger charge is 2.48. The van der Waals surface area contributed by atoms with E-state index in [1.807, 2.05) is 0 Å². The van der Waals surface area contributed by atoms with Gasteiger partial charge in [0.15, 0.2) is 0 Å². The van der Waals surface area contributed by atoms with E-state index in [2.05, 4.69) is 0 Å². The minimum absolute atomic E-state index is 0.201. The molecular formula is C20H29F6NO5. The molecular weight excluding hydrogens is 448 g/mol. The van der Waals surface area contributed by atoms with Crippen molar-refractivity contribution in [1.82, 2.24) is 4.90 Å². The molecule has 0 spiro atoms. The van der Waals surface area contributed by atoms with E-state index in [0.29, 0.717) is 4.90 Å². The smallest absolute Gasteiger partial charge is 0.416 e. The minimum atomic E-state index is -4.73. The maximum Gasteiger partial charge on any atom is 0.416 e. The van der Waals surface area contributed by atoms with Crippen molar-refractivity contribution in [3.8, 4) is 0 Å². The first-order chi connectivity index (χ1) is 14.3. The van der Waals surface area contributed by atoms with Crippen LogP contribution in [0.15, 0.2) is 0 Å². The Balaban J connectivity index is 3.37. The zero-order chi connectivity index (χ0) is 25.1. The molecule has 0 unspecified atom stereocenters. The van der Waals surface area contributed by atoms with Crippen LogP contribution in [-0.4, -0.2) is 53.5 Å². The molecule has 0 aromatic heterocycles. The van der Waals surface area contributed by atoms with Crippen LogP contribution in [0.2, 0.25) is 0 Å². The Morgan fingerprint density at radius 3 is 1.88 bits per heavy atom. The Bertz CT molecular complexity index is 683. The first-order valence-corrected chi connectivity index (χ1v) is 10.2. The lowest BCUT2D eigenvalue weighted by molar-refractivity contribution is -0.172. The van der Waals surface area contributed by atoms with Crippen LogP contribution < -0.4 is 0 Å². The Morgan fingerprint density at radius 1 is 1.00 bits per heavy atom. The number of amides is 2. The largest absolute Gasteiger partial charge is 0.460 e. The van der Waals surface area contributed by atoms with Crippen LogP contribution >= 0.6 is 0 Å². The molecule has 32 heavy (non-hydrogen) atoms. The SMILES string of the molecule is CC(C)[C@H]1COC(=O)N1C(=O)[C@H](CCC(F)(F)F)[C@H](CCC(F)(F)F)C(=O)OC(C)(C)C. The van der Waals surface area contributed by atoms with Crippen LogP contribution in [0.1, 0.15) is 60.3 Å². The summed E-state index contributed by atoms with van der Waals surface area (Å²) in [6, 6.07) is -0.815. The molecule has 0 radical (unpaired) electrons. The molecule has 186 valence electrons. The molecule has 1 saturated heterocycles. The number of esters is 1. The second-order valence-electron chi connectivity index (χ2n) is 9.15. The number of nitrogens with zero attached hydrogens (tertiary/aromatic N) is 1. The van der Waals surface area contributed by atoms with Crippen molar-refractivity contribution in [2.45, 2.75) is 84.3 Å². The lowest BCUT2D eigenvalue weighted by Crippen LogP contribution is -2.48. The summed E-state index contributed by atoms with van der Waals surface area (Å²) in [4.78, 5) is 38.7. The van der Waals surface area contributed by atoms with Crippen molar-refractivity contribution in [2.24, 2.45) is 17.8 Å². The Labute approximate surface area is 182 Å². The van der Waals surface area contributed by atoms with E-state index in [0.717, 1.165) is 0 Å². The van der Waals surface area contributed by atoms with Gasteiger partial charge in [-0.05, 0) is 39.5 Å². The van der Waals surface area contributed by atoms with E-state index in [9.17, 15) is 40.7 Å². The third-order valence-electron chi connectivity index (χ3n) is 4.90. The number of ether oxygens (including phenoxy) is 2. The maximum atomic E-state index is 13.2. The average Bonchev–Trinajstić information content (AvgIpc) is 2.95.